The number of aliphatic hydroxyl groups excluding tert-OH is 1. The molecular weight excluding hydrogens is 286 g/mol. The summed E-state index contributed by atoms with van der Waals surface area (Å²) in [4.78, 5) is 0. The monoisotopic (exact) mass is 311 g/mol. The van der Waals surface area contributed by atoms with Gasteiger partial charge in [0.25, 0.3) is 0 Å². The number of hydrogen-bond donors (Lipinski definition) is 2. The van der Waals surface area contributed by atoms with Crippen molar-refractivity contribution in [3.63, 3.8) is 0 Å². The Morgan fingerprint density at radius 2 is 1.70 bits per heavy atom. The molecule has 0 aliphatic carbocycles. The van der Waals surface area contributed by atoms with E-state index in [0.717, 1.165) is 31.5 Å². The lowest BCUT2D eigenvalue weighted by Crippen LogP contribution is -2.50. The fourth-order valence-corrected chi connectivity index (χ4v) is 2.91. The van der Waals surface area contributed by atoms with Gasteiger partial charge in [-0.1, -0.05) is 42.5 Å². The first-order valence-electron chi connectivity index (χ1n) is 8.35. The molecule has 0 atom stereocenters. The first-order valence-corrected chi connectivity index (χ1v) is 8.35. The summed E-state index contributed by atoms with van der Waals surface area (Å²) in [6.45, 7) is 2.23. The molecule has 1 heterocycles. The van der Waals surface area contributed by atoms with E-state index in [-0.39, 0.29) is 12.0 Å². The Morgan fingerprint density at radius 3 is 2.39 bits per heavy atom. The minimum atomic E-state index is -0.0939. The van der Waals surface area contributed by atoms with Gasteiger partial charge in [-0.2, -0.15) is 0 Å². The molecule has 0 spiro atoms. The summed E-state index contributed by atoms with van der Waals surface area (Å²) in [5.41, 5.74) is 3.79. The molecule has 2 aromatic rings. The number of ether oxygens (including phenoxy) is 1. The molecular formula is C20H25NO2. The van der Waals surface area contributed by atoms with E-state index in [1.807, 2.05) is 0 Å². The molecule has 0 amide bonds. The van der Waals surface area contributed by atoms with Crippen molar-refractivity contribution in [2.75, 3.05) is 31.7 Å². The van der Waals surface area contributed by atoms with Crippen LogP contribution < -0.4 is 5.32 Å². The summed E-state index contributed by atoms with van der Waals surface area (Å²) in [6.07, 6.45) is 3.35. The van der Waals surface area contributed by atoms with E-state index in [4.69, 9.17) is 4.74 Å². The van der Waals surface area contributed by atoms with E-state index in [9.17, 15) is 5.11 Å². The average molecular weight is 311 g/mol. The van der Waals surface area contributed by atoms with Gasteiger partial charge in [-0.05, 0) is 42.5 Å². The molecule has 0 bridgehead atoms. The molecule has 0 radical (unpaired) electrons. The second-order valence-electron chi connectivity index (χ2n) is 6.54. The first-order chi connectivity index (χ1) is 11.3. The van der Waals surface area contributed by atoms with E-state index in [2.05, 4.69) is 59.9 Å². The minimum Gasteiger partial charge on any atom is -0.396 e. The van der Waals surface area contributed by atoms with Crippen LogP contribution in [0.15, 0.2) is 54.6 Å². The van der Waals surface area contributed by atoms with Crippen LogP contribution in [0.5, 0.6) is 0 Å². The third-order valence-electron chi connectivity index (χ3n) is 4.52. The third-order valence-corrected chi connectivity index (χ3v) is 4.52. The highest BCUT2D eigenvalue weighted by molar-refractivity contribution is 5.46. The van der Waals surface area contributed by atoms with Crippen molar-refractivity contribution in [2.24, 2.45) is 5.41 Å². The molecule has 1 aliphatic rings. The van der Waals surface area contributed by atoms with Crippen molar-refractivity contribution < 1.29 is 9.84 Å². The molecule has 0 aromatic heterocycles. The maximum atomic E-state index is 9.47. The maximum absolute atomic E-state index is 9.47. The molecule has 3 heteroatoms. The van der Waals surface area contributed by atoms with Crippen LogP contribution in [0.1, 0.15) is 17.5 Å². The van der Waals surface area contributed by atoms with Gasteiger partial charge in [0.05, 0.1) is 25.2 Å². The Morgan fingerprint density at radius 1 is 0.957 bits per heavy atom. The van der Waals surface area contributed by atoms with E-state index in [1.54, 1.807) is 0 Å². The largest absolute Gasteiger partial charge is 0.396 e. The molecule has 0 saturated carbocycles. The van der Waals surface area contributed by atoms with E-state index >= 15 is 0 Å². The van der Waals surface area contributed by atoms with Crippen LogP contribution in [0.2, 0.25) is 0 Å². The highest BCUT2D eigenvalue weighted by atomic mass is 16.5. The molecule has 2 N–H and O–H groups in total. The van der Waals surface area contributed by atoms with Crippen LogP contribution in [0.25, 0.3) is 0 Å². The second-order valence-corrected chi connectivity index (χ2v) is 6.54. The zero-order valence-electron chi connectivity index (χ0n) is 13.5. The van der Waals surface area contributed by atoms with Crippen LogP contribution in [-0.4, -0.2) is 31.5 Å². The van der Waals surface area contributed by atoms with E-state index < -0.39 is 0 Å². The Balaban J connectivity index is 1.49. The van der Waals surface area contributed by atoms with E-state index in [1.165, 1.54) is 11.1 Å². The standard InChI is InChI=1S/C20H25NO2/c22-14-20(15-23-16-20)13-21-19-11-5-10-18(12-19)9-4-8-17-6-2-1-3-7-17/h1-3,5-7,10-12,21-22H,4,8-9,13-16H2. The molecule has 3 rings (SSSR count). The molecule has 122 valence electrons. The van der Waals surface area contributed by atoms with Crippen LogP contribution in [0.3, 0.4) is 0 Å². The van der Waals surface area contributed by atoms with E-state index in [0.29, 0.717) is 13.2 Å². The quantitative estimate of drug-likeness (QED) is 0.786. The van der Waals surface area contributed by atoms with Crippen molar-refractivity contribution in [2.45, 2.75) is 19.3 Å². The summed E-state index contributed by atoms with van der Waals surface area (Å²) in [5.74, 6) is 0. The highest BCUT2D eigenvalue weighted by Gasteiger charge is 2.37. The summed E-state index contributed by atoms with van der Waals surface area (Å²) in [6, 6.07) is 19.2. The van der Waals surface area contributed by atoms with Crippen LogP contribution in [0, 0.1) is 5.41 Å². The molecule has 1 saturated heterocycles. The molecule has 23 heavy (non-hydrogen) atoms. The number of anilines is 1. The zero-order valence-corrected chi connectivity index (χ0v) is 13.5. The molecule has 1 fully saturated rings. The minimum absolute atomic E-state index is 0.0939. The van der Waals surface area contributed by atoms with Gasteiger partial charge in [0, 0.05) is 12.2 Å². The Hall–Kier alpha value is -1.84. The Bertz CT molecular complexity index is 603. The van der Waals surface area contributed by atoms with Crippen LogP contribution in [0.4, 0.5) is 5.69 Å². The Labute approximate surface area is 138 Å². The van der Waals surface area contributed by atoms with Gasteiger partial charge in [0.1, 0.15) is 0 Å². The SMILES string of the molecule is OCC1(CNc2cccc(CCCc3ccccc3)c2)COC1. The lowest BCUT2D eigenvalue weighted by Gasteiger charge is -2.40. The summed E-state index contributed by atoms with van der Waals surface area (Å²) in [7, 11) is 0. The molecule has 2 aromatic carbocycles. The van der Waals surface area contributed by atoms with Crippen molar-refractivity contribution in [1.82, 2.24) is 0 Å². The fourth-order valence-electron chi connectivity index (χ4n) is 2.91. The zero-order chi connectivity index (χ0) is 16.0. The van der Waals surface area contributed by atoms with Crippen molar-refractivity contribution >= 4 is 5.69 Å². The number of rotatable bonds is 8. The van der Waals surface area contributed by atoms with Gasteiger partial charge in [-0.25, -0.2) is 0 Å². The normalized spacial score (nSPS) is 15.9. The van der Waals surface area contributed by atoms with Crippen LogP contribution in [-0.2, 0) is 17.6 Å². The molecule has 0 unspecified atom stereocenters. The van der Waals surface area contributed by atoms with Gasteiger partial charge < -0.3 is 15.2 Å². The topological polar surface area (TPSA) is 41.5 Å². The molecule has 3 nitrogen and oxygen atoms in total. The predicted molar refractivity (Wildman–Crippen MR) is 93.7 cm³/mol. The van der Waals surface area contributed by atoms with Crippen molar-refractivity contribution in [1.29, 1.82) is 0 Å². The van der Waals surface area contributed by atoms with Gasteiger partial charge in [0.2, 0.25) is 0 Å². The van der Waals surface area contributed by atoms with Crippen LogP contribution >= 0.6 is 0 Å². The Kier molecular flexibility index (Phi) is 5.31. The predicted octanol–water partition coefficient (Wildman–Crippen LogP) is 3.28. The third kappa shape index (κ3) is 4.34. The first kappa shape index (κ1) is 16.0. The summed E-state index contributed by atoms with van der Waals surface area (Å²) in [5, 5.41) is 12.9. The summed E-state index contributed by atoms with van der Waals surface area (Å²) < 4.78 is 5.24. The number of benzene rings is 2. The number of hydrogen-bond acceptors (Lipinski definition) is 3. The molecule has 1 aliphatic heterocycles. The number of aryl methyl sites for hydroxylation is 2. The second kappa shape index (κ2) is 7.62. The highest BCUT2D eigenvalue weighted by Crippen LogP contribution is 2.27. The van der Waals surface area contributed by atoms with Gasteiger partial charge >= 0.3 is 0 Å². The van der Waals surface area contributed by atoms with Gasteiger partial charge in [-0.15, -0.1) is 0 Å². The smallest absolute Gasteiger partial charge is 0.0584 e. The number of nitrogens with one attached hydrogen (secondary N) is 1. The van der Waals surface area contributed by atoms with Crippen molar-refractivity contribution in [3.05, 3.63) is 65.7 Å². The maximum Gasteiger partial charge on any atom is 0.0584 e. The lowest BCUT2D eigenvalue weighted by atomic mass is 9.87. The van der Waals surface area contributed by atoms with Crippen molar-refractivity contribution in [3.8, 4) is 0 Å². The summed E-state index contributed by atoms with van der Waals surface area (Å²) >= 11 is 0. The van der Waals surface area contributed by atoms with Gasteiger partial charge in [0.15, 0.2) is 0 Å². The number of aliphatic hydroxyl groups is 1. The van der Waals surface area contributed by atoms with Gasteiger partial charge in [-0.3, -0.25) is 0 Å². The fraction of sp³-hybridized carbons (Fsp3) is 0.400. The lowest BCUT2D eigenvalue weighted by molar-refractivity contribution is -0.128. The average Bonchev–Trinajstić information content (AvgIpc) is 2.56.